The third kappa shape index (κ3) is 6.97. The van der Waals surface area contributed by atoms with E-state index in [0.29, 0.717) is 25.4 Å². The molecule has 2 saturated heterocycles. The monoisotopic (exact) mass is 557 g/mol. The number of nitrogens with two attached hydrogens (primary N) is 1. The van der Waals surface area contributed by atoms with Crippen LogP contribution in [-0.2, 0) is 22.6 Å². The molecule has 2 fully saturated rings. The number of piperidine rings is 1. The summed E-state index contributed by atoms with van der Waals surface area (Å²) in [6.07, 6.45) is 5.83. The van der Waals surface area contributed by atoms with Gasteiger partial charge in [0.1, 0.15) is 23.6 Å². The van der Waals surface area contributed by atoms with Gasteiger partial charge in [-0.3, -0.25) is 19.5 Å². The zero-order chi connectivity index (χ0) is 28.8. The zero-order valence-electron chi connectivity index (χ0n) is 23.9. The molecule has 0 radical (unpaired) electrons. The first-order valence-electron chi connectivity index (χ1n) is 14.3. The number of hydrogen-bond donors (Lipinski definition) is 1. The summed E-state index contributed by atoms with van der Waals surface area (Å²) in [5.41, 5.74) is 9.92. The molecule has 2 N–H and O–H groups in total. The highest BCUT2D eigenvalue weighted by Crippen LogP contribution is 2.29. The molecule has 9 nitrogen and oxygen atoms in total. The number of benzene rings is 2. The maximum absolute atomic E-state index is 13.4. The van der Waals surface area contributed by atoms with Crippen LogP contribution in [0.25, 0.3) is 0 Å². The quantitative estimate of drug-likeness (QED) is 0.431. The molecular weight excluding hydrogens is 518 g/mol. The van der Waals surface area contributed by atoms with Crippen molar-refractivity contribution in [1.82, 2.24) is 14.8 Å². The molecule has 2 aromatic carbocycles. The summed E-state index contributed by atoms with van der Waals surface area (Å²) in [6.45, 7) is 6.28. The molecule has 2 amide bonds. The first-order chi connectivity index (χ1) is 19.9. The summed E-state index contributed by atoms with van der Waals surface area (Å²) in [5.74, 6) is 0.676. The lowest BCUT2D eigenvalue weighted by atomic mass is 10.0. The van der Waals surface area contributed by atoms with Gasteiger partial charge in [-0.25, -0.2) is 0 Å². The highest BCUT2D eigenvalue weighted by atomic mass is 16.5. The summed E-state index contributed by atoms with van der Waals surface area (Å²) in [6, 6.07) is 17.0. The van der Waals surface area contributed by atoms with E-state index in [4.69, 9.17) is 15.2 Å². The molecule has 0 bridgehead atoms. The van der Waals surface area contributed by atoms with Gasteiger partial charge in [0.2, 0.25) is 11.8 Å². The Morgan fingerprint density at radius 1 is 1.02 bits per heavy atom. The fourth-order valence-corrected chi connectivity index (χ4v) is 5.80. The van der Waals surface area contributed by atoms with E-state index in [0.717, 1.165) is 55.0 Å². The molecule has 9 heteroatoms. The van der Waals surface area contributed by atoms with E-state index in [9.17, 15) is 9.59 Å². The lowest BCUT2D eigenvalue weighted by Crippen LogP contribution is -2.60. The van der Waals surface area contributed by atoms with Gasteiger partial charge in [-0.1, -0.05) is 30.3 Å². The Morgan fingerprint density at radius 3 is 2.54 bits per heavy atom. The molecule has 0 aliphatic carbocycles. The number of primary amides is 1. The topological polar surface area (TPSA) is 101 Å². The van der Waals surface area contributed by atoms with Gasteiger partial charge in [0.05, 0.1) is 13.5 Å². The van der Waals surface area contributed by atoms with Crippen molar-refractivity contribution in [1.29, 1.82) is 0 Å². The highest BCUT2D eigenvalue weighted by molar-refractivity contribution is 5.89. The molecule has 2 aliphatic rings. The number of aromatic nitrogens is 1. The standard InChI is InChI=1S/C32H39N5O4/c1-23-6-3-4-8-28(23)36-16-17-37(29(22-36)32(33)39)31(38)18-25-9-10-27(19-30(25)40-2)41-26-11-14-35(15-12-26)21-24-7-5-13-34-20-24/h3-10,13,19-20,26,29H,11-12,14-18,21-22H2,1-2H3,(H2,33,39). The van der Waals surface area contributed by atoms with Crippen molar-refractivity contribution in [3.8, 4) is 11.5 Å². The van der Waals surface area contributed by atoms with Crippen LogP contribution in [0.4, 0.5) is 5.69 Å². The van der Waals surface area contributed by atoms with E-state index >= 15 is 0 Å². The molecule has 3 aromatic rings. The molecule has 0 saturated carbocycles. The van der Waals surface area contributed by atoms with Crippen LogP contribution < -0.4 is 20.1 Å². The van der Waals surface area contributed by atoms with Gasteiger partial charge in [0.15, 0.2) is 0 Å². The van der Waals surface area contributed by atoms with Gasteiger partial charge in [-0.2, -0.15) is 0 Å². The van der Waals surface area contributed by atoms with Crippen LogP contribution in [0.5, 0.6) is 11.5 Å². The van der Waals surface area contributed by atoms with Crippen molar-refractivity contribution in [2.45, 2.75) is 44.9 Å². The molecule has 1 aromatic heterocycles. The largest absolute Gasteiger partial charge is 0.496 e. The Balaban J connectivity index is 1.18. The highest BCUT2D eigenvalue weighted by Gasteiger charge is 2.35. The van der Waals surface area contributed by atoms with Crippen LogP contribution >= 0.6 is 0 Å². The maximum Gasteiger partial charge on any atom is 0.242 e. The van der Waals surface area contributed by atoms with E-state index in [-0.39, 0.29) is 18.4 Å². The number of piperazine rings is 1. The summed E-state index contributed by atoms with van der Waals surface area (Å²) >= 11 is 0. The molecule has 216 valence electrons. The number of carbonyl (C=O) groups excluding carboxylic acids is 2. The summed E-state index contributed by atoms with van der Waals surface area (Å²) in [7, 11) is 1.59. The van der Waals surface area contributed by atoms with Gasteiger partial charge >= 0.3 is 0 Å². The predicted molar refractivity (Wildman–Crippen MR) is 158 cm³/mol. The number of pyridine rings is 1. The zero-order valence-corrected chi connectivity index (χ0v) is 23.9. The van der Waals surface area contributed by atoms with Crippen LogP contribution in [0.1, 0.15) is 29.5 Å². The number of para-hydroxylation sites is 1. The Labute approximate surface area is 241 Å². The van der Waals surface area contributed by atoms with Crippen LogP contribution in [0, 0.1) is 6.92 Å². The van der Waals surface area contributed by atoms with Gasteiger partial charge in [0.25, 0.3) is 0 Å². The van der Waals surface area contributed by atoms with Crippen LogP contribution in [0.15, 0.2) is 67.0 Å². The number of aryl methyl sites for hydroxylation is 1. The second-order valence-corrected chi connectivity index (χ2v) is 10.8. The van der Waals surface area contributed by atoms with Gasteiger partial charge in [-0.05, 0) is 49.1 Å². The number of methoxy groups -OCH3 is 1. The van der Waals surface area contributed by atoms with E-state index in [1.165, 1.54) is 5.56 Å². The van der Waals surface area contributed by atoms with Gasteiger partial charge in [-0.15, -0.1) is 0 Å². The smallest absolute Gasteiger partial charge is 0.242 e. The molecule has 5 rings (SSSR count). The summed E-state index contributed by atoms with van der Waals surface area (Å²) in [4.78, 5) is 36.2. The van der Waals surface area contributed by atoms with Gasteiger partial charge in [0, 0.05) is 69.0 Å². The fourth-order valence-electron chi connectivity index (χ4n) is 5.80. The van der Waals surface area contributed by atoms with Crippen LogP contribution in [0.2, 0.25) is 0 Å². The normalized spacial score (nSPS) is 18.2. The van der Waals surface area contributed by atoms with Crippen molar-refractivity contribution in [3.63, 3.8) is 0 Å². The lowest BCUT2D eigenvalue weighted by Gasteiger charge is -2.41. The Kier molecular flexibility index (Phi) is 9.04. The number of ether oxygens (including phenoxy) is 2. The van der Waals surface area contributed by atoms with Crippen LogP contribution in [-0.4, -0.2) is 78.6 Å². The van der Waals surface area contributed by atoms with Crippen molar-refractivity contribution in [2.24, 2.45) is 5.73 Å². The van der Waals surface area contributed by atoms with E-state index in [2.05, 4.69) is 20.9 Å². The van der Waals surface area contributed by atoms with Crippen molar-refractivity contribution in [3.05, 3.63) is 83.7 Å². The fraction of sp³-hybridized carbons (Fsp3) is 0.406. The van der Waals surface area contributed by atoms with E-state index < -0.39 is 11.9 Å². The predicted octanol–water partition coefficient (Wildman–Crippen LogP) is 3.19. The summed E-state index contributed by atoms with van der Waals surface area (Å²) in [5, 5.41) is 0. The van der Waals surface area contributed by atoms with Crippen LogP contribution in [0.3, 0.4) is 0 Å². The van der Waals surface area contributed by atoms with Gasteiger partial charge < -0.3 is 25.0 Å². The second kappa shape index (κ2) is 13.0. The molecule has 0 spiro atoms. The Bertz CT molecular complexity index is 1340. The van der Waals surface area contributed by atoms with Crippen molar-refractivity contribution in [2.75, 3.05) is 44.7 Å². The number of nitrogens with zero attached hydrogens (tertiary/aromatic N) is 4. The number of likely N-dealkylation sites (tertiary alicyclic amines) is 1. The number of carbonyl (C=O) groups is 2. The molecule has 41 heavy (non-hydrogen) atoms. The maximum atomic E-state index is 13.4. The molecule has 1 atom stereocenters. The number of hydrogen-bond acceptors (Lipinski definition) is 7. The average Bonchev–Trinajstić information content (AvgIpc) is 2.99. The third-order valence-corrected chi connectivity index (χ3v) is 8.05. The van der Waals surface area contributed by atoms with E-state index in [1.807, 2.05) is 61.7 Å². The molecule has 1 unspecified atom stereocenters. The minimum absolute atomic E-state index is 0.115. The summed E-state index contributed by atoms with van der Waals surface area (Å²) < 4.78 is 11.9. The van der Waals surface area contributed by atoms with Crippen molar-refractivity contribution >= 4 is 17.5 Å². The SMILES string of the molecule is COc1cc(OC2CCN(Cc3cccnc3)CC2)ccc1CC(=O)N1CCN(c2ccccc2C)CC1C(N)=O. The Morgan fingerprint density at radius 2 is 1.83 bits per heavy atom. The average molecular weight is 558 g/mol. The molecule has 3 heterocycles. The Hall–Kier alpha value is -4.11. The number of rotatable bonds is 9. The minimum Gasteiger partial charge on any atom is -0.496 e. The van der Waals surface area contributed by atoms with Crippen molar-refractivity contribution < 1.29 is 19.1 Å². The lowest BCUT2D eigenvalue weighted by molar-refractivity contribution is -0.139. The van der Waals surface area contributed by atoms with E-state index in [1.54, 1.807) is 18.2 Å². The molecular formula is C32H39N5O4. The number of amides is 2. The third-order valence-electron chi connectivity index (χ3n) is 8.05. The number of anilines is 1. The first kappa shape index (κ1) is 28.4. The second-order valence-electron chi connectivity index (χ2n) is 10.8. The molecule has 2 aliphatic heterocycles. The first-order valence-corrected chi connectivity index (χ1v) is 14.3. The minimum atomic E-state index is -0.700.